The van der Waals surface area contributed by atoms with Crippen LogP contribution in [0.5, 0.6) is 0 Å². The molecular formula is C13H21NO. The molecule has 0 aliphatic carbocycles. The molecule has 0 aromatic rings. The summed E-state index contributed by atoms with van der Waals surface area (Å²) >= 11 is 0. The molecule has 2 heteroatoms. The average molecular weight is 207 g/mol. The van der Waals surface area contributed by atoms with Crippen LogP contribution in [0.4, 0.5) is 0 Å². The van der Waals surface area contributed by atoms with Crippen LogP contribution in [0.15, 0.2) is 17.1 Å². The van der Waals surface area contributed by atoms with Crippen molar-refractivity contribution in [2.45, 2.75) is 52.7 Å². The Morgan fingerprint density at radius 1 is 1.53 bits per heavy atom. The van der Waals surface area contributed by atoms with Gasteiger partial charge in [-0.2, -0.15) is 0 Å². The van der Waals surface area contributed by atoms with Gasteiger partial charge in [0.15, 0.2) is 0 Å². The zero-order chi connectivity index (χ0) is 11.9. The number of hydrogen-bond donors (Lipinski definition) is 1. The highest BCUT2D eigenvalue weighted by Gasteiger charge is 2.06. The maximum atomic E-state index is 9.47. The van der Waals surface area contributed by atoms with Crippen molar-refractivity contribution in [1.82, 2.24) is 0 Å². The maximum absolute atomic E-state index is 9.47. The van der Waals surface area contributed by atoms with Crippen LogP contribution in [0.2, 0.25) is 0 Å². The van der Waals surface area contributed by atoms with Gasteiger partial charge in [-0.25, -0.2) is 0 Å². The van der Waals surface area contributed by atoms with Gasteiger partial charge in [0.05, 0.1) is 0 Å². The maximum Gasteiger partial charge on any atom is 0.120 e. The Hall–Kier alpha value is -1.07. The molecule has 1 N–H and O–H groups in total. The molecule has 84 valence electrons. The first-order valence-corrected chi connectivity index (χ1v) is 5.35. The lowest BCUT2D eigenvalue weighted by molar-refractivity contribution is 0.143. The van der Waals surface area contributed by atoms with Crippen LogP contribution in [0, 0.1) is 11.8 Å². The van der Waals surface area contributed by atoms with Gasteiger partial charge >= 0.3 is 0 Å². The number of allylic oxidation sites excluding steroid dienone is 2. The Labute approximate surface area is 93.1 Å². The molecule has 0 aromatic carbocycles. The zero-order valence-corrected chi connectivity index (χ0v) is 10.3. The summed E-state index contributed by atoms with van der Waals surface area (Å²) in [6.07, 6.45) is 4.76. The number of aliphatic imine (C=N–C) groups is 1. The summed E-state index contributed by atoms with van der Waals surface area (Å²) < 4.78 is 0. The van der Waals surface area contributed by atoms with Crippen molar-refractivity contribution in [1.29, 1.82) is 0 Å². The Morgan fingerprint density at radius 3 is 2.53 bits per heavy atom. The van der Waals surface area contributed by atoms with E-state index in [1.165, 1.54) is 0 Å². The first kappa shape index (κ1) is 13.9. The number of rotatable bonds is 3. The molecule has 0 heterocycles. The van der Waals surface area contributed by atoms with E-state index in [9.17, 15) is 5.11 Å². The second-order valence-corrected chi connectivity index (χ2v) is 4.08. The molecule has 0 aliphatic heterocycles. The lowest BCUT2D eigenvalue weighted by Gasteiger charge is -2.06. The molecule has 0 fully saturated rings. The Kier molecular flexibility index (Phi) is 5.96. The highest BCUT2D eigenvalue weighted by Crippen LogP contribution is 1.99. The molecule has 0 rings (SSSR count). The van der Waals surface area contributed by atoms with E-state index in [-0.39, 0.29) is 6.04 Å². The van der Waals surface area contributed by atoms with Crippen molar-refractivity contribution in [2.75, 3.05) is 0 Å². The average Bonchev–Trinajstić information content (AvgIpc) is 2.13. The minimum absolute atomic E-state index is 0.271. The molecular weight excluding hydrogens is 186 g/mol. The lowest BCUT2D eigenvalue weighted by Crippen LogP contribution is -2.15. The molecule has 0 radical (unpaired) electrons. The van der Waals surface area contributed by atoms with E-state index in [4.69, 9.17) is 0 Å². The van der Waals surface area contributed by atoms with E-state index >= 15 is 0 Å². The highest BCUT2D eigenvalue weighted by molar-refractivity contribution is 6.08. The number of nitrogens with zero attached hydrogens (tertiary/aromatic N) is 1. The van der Waals surface area contributed by atoms with Gasteiger partial charge in [-0.1, -0.05) is 18.9 Å². The standard InChI is InChI=1S/C13H21NO/c1-6-8-12(14-11(3)7-2)9-10-13(4,5)15/h6,8,11,15H,7H2,1-5H3/b8-6-,14-12?. The second-order valence-electron chi connectivity index (χ2n) is 4.08. The predicted octanol–water partition coefficient (Wildman–Crippen LogP) is 2.58. The Balaban J connectivity index is 4.82. The third-order valence-corrected chi connectivity index (χ3v) is 1.77. The first-order valence-electron chi connectivity index (χ1n) is 5.35. The van der Waals surface area contributed by atoms with Gasteiger partial charge in [0.1, 0.15) is 11.3 Å². The summed E-state index contributed by atoms with van der Waals surface area (Å²) in [5.41, 5.74) is -0.230. The van der Waals surface area contributed by atoms with Crippen LogP contribution in [-0.2, 0) is 0 Å². The Morgan fingerprint density at radius 2 is 2.13 bits per heavy atom. The van der Waals surface area contributed by atoms with Crippen LogP contribution < -0.4 is 0 Å². The van der Waals surface area contributed by atoms with Gasteiger partial charge in [0.25, 0.3) is 0 Å². The summed E-state index contributed by atoms with van der Waals surface area (Å²) in [7, 11) is 0. The lowest BCUT2D eigenvalue weighted by atomic mass is 10.1. The molecule has 1 atom stereocenters. The first-order chi connectivity index (χ1) is 6.89. The van der Waals surface area contributed by atoms with Crippen molar-refractivity contribution in [3.8, 4) is 11.8 Å². The predicted molar refractivity (Wildman–Crippen MR) is 66.1 cm³/mol. The minimum atomic E-state index is -0.961. The molecule has 0 spiro atoms. The smallest absolute Gasteiger partial charge is 0.120 e. The third kappa shape index (κ3) is 7.96. The monoisotopic (exact) mass is 207 g/mol. The fourth-order valence-electron chi connectivity index (χ4n) is 0.821. The quantitative estimate of drug-likeness (QED) is 0.560. The van der Waals surface area contributed by atoms with Crippen LogP contribution in [0.3, 0.4) is 0 Å². The van der Waals surface area contributed by atoms with Crippen LogP contribution in [-0.4, -0.2) is 22.5 Å². The highest BCUT2D eigenvalue weighted by atomic mass is 16.3. The molecule has 15 heavy (non-hydrogen) atoms. The molecule has 1 unspecified atom stereocenters. The van der Waals surface area contributed by atoms with Gasteiger partial charge in [0, 0.05) is 6.04 Å². The number of aliphatic hydroxyl groups is 1. The zero-order valence-electron chi connectivity index (χ0n) is 10.3. The SMILES string of the molecule is C/C=C\C(C#CC(C)(C)O)=NC(C)CC. The minimum Gasteiger partial charge on any atom is -0.378 e. The fourth-order valence-corrected chi connectivity index (χ4v) is 0.821. The van der Waals surface area contributed by atoms with E-state index in [1.54, 1.807) is 13.8 Å². The van der Waals surface area contributed by atoms with Crippen molar-refractivity contribution in [3.05, 3.63) is 12.2 Å². The third-order valence-electron chi connectivity index (χ3n) is 1.77. The topological polar surface area (TPSA) is 32.6 Å². The molecule has 0 aromatic heterocycles. The normalized spacial score (nSPS) is 14.9. The molecule has 0 bridgehead atoms. The van der Waals surface area contributed by atoms with Gasteiger partial charge in [-0.3, -0.25) is 4.99 Å². The molecule has 0 aliphatic rings. The fraction of sp³-hybridized carbons (Fsp3) is 0.615. The summed E-state index contributed by atoms with van der Waals surface area (Å²) in [5.74, 6) is 5.65. The Bertz CT molecular complexity index is 297. The summed E-state index contributed by atoms with van der Waals surface area (Å²) in [4.78, 5) is 4.43. The van der Waals surface area contributed by atoms with Crippen molar-refractivity contribution < 1.29 is 5.11 Å². The summed E-state index contributed by atoms with van der Waals surface area (Å²) in [6, 6.07) is 0.271. The van der Waals surface area contributed by atoms with E-state index in [0.29, 0.717) is 0 Å². The van der Waals surface area contributed by atoms with Crippen LogP contribution in [0.1, 0.15) is 41.0 Å². The van der Waals surface area contributed by atoms with Gasteiger partial charge in [-0.05, 0) is 46.1 Å². The van der Waals surface area contributed by atoms with Crippen molar-refractivity contribution in [3.63, 3.8) is 0 Å². The summed E-state index contributed by atoms with van der Waals surface area (Å²) in [6.45, 7) is 9.39. The van der Waals surface area contributed by atoms with Crippen LogP contribution >= 0.6 is 0 Å². The molecule has 0 amide bonds. The van der Waals surface area contributed by atoms with Crippen molar-refractivity contribution in [2.24, 2.45) is 4.99 Å². The van der Waals surface area contributed by atoms with Gasteiger partial charge < -0.3 is 5.11 Å². The summed E-state index contributed by atoms with van der Waals surface area (Å²) in [5, 5.41) is 9.47. The van der Waals surface area contributed by atoms with E-state index < -0.39 is 5.60 Å². The van der Waals surface area contributed by atoms with E-state index in [2.05, 4.69) is 30.7 Å². The number of hydrogen-bond acceptors (Lipinski definition) is 2. The van der Waals surface area contributed by atoms with Crippen LogP contribution in [0.25, 0.3) is 0 Å². The largest absolute Gasteiger partial charge is 0.378 e. The molecule has 0 saturated heterocycles. The van der Waals surface area contributed by atoms with Gasteiger partial charge in [-0.15, -0.1) is 0 Å². The van der Waals surface area contributed by atoms with Gasteiger partial charge in [0.2, 0.25) is 0 Å². The second kappa shape index (κ2) is 6.42. The van der Waals surface area contributed by atoms with Crippen molar-refractivity contribution >= 4 is 5.71 Å². The van der Waals surface area contributed by atoms with E-state index in [1.807, 2.05) is 19.1 Å². The van der Waals surface area contributed by atoms with E-state index in [0.717, 1.165) is 12.1 Å². The molecule has 2 nitrogen and oxygen atoms in total. The molecule has 0 saturated carbocycles.